The Hall–Kier alpha value is -1.23. The van der Waals surface area contributed by atoms with Crippen LogP contribution >= 0.6 is 11.6 Å². The number of rotatable bonds is 4. The van der Waals surface area contributed by atoms with E-state index in [2.05, 4.69) is 10.4 Å². The van der Waals surface area contributed by atoms with Gasteiger partial charge >= 0.3 is 0 Å². The fourth-order valence-electron chi connectivity index (χ4n) is 1.47. The van der Waals surface area contributed by atoms with Gasteiger partial charge in [-0.2, -0.15) is 5.10 Å². The quantitative estimate of drug-likeness (QED) is 0.791. The summed E-state index contributed by atoms with van der Waals surface area (Å²) in [6.07, 6.45) is 2.80. The van der Waals surface area contributed by atoms with Crippen molar-refractivity contribution in [1.29, 1.82) is 0 Å². The van der Waals surface area contributed by atoms with Crippen molar-refractivity contribution in [3.63, 3.8) is 0 Å². The molecule has 1 aliphatic carbocycles. The Morgan fingerprint density at radius 3 is 3.06 bits per heavy atom. The Bertz CT molecular complexity index is 400. The van der Waals surface area contributed by atoms with Crippen LogP contribution in [-0.4, -0.2) is 21.1 Å². The highest BCUT2D eigenvalue weighted by atomic mass is 35.5. The number of nitrogens with one attached hydrogen (secondary N) is 1. The lowest BCUT2D eigenvalue weighted by Crippen LogP contribution is -2.22. The highest BCUT2D eigenvalue weighted by Gasteiger charge is 2.27. The van der Waals surface area contributed by atoms with Crippen molar-refractivity contribution in [3.8, 4) is 0 Å². The van der Waals surface area contributed by atoms with E-state index in [0.29, 0.717) is 24.1 Å². The number of hydrogen-bond donors (Lipinski definition) is 2. The first-order valence-electron chi connectivity index (χ1n) is 5.41. The zero-order chi connectivity index (χ0) is 11.7. The molecule has 3 N–H and O–H groups in total. The first-order valence-corrected chi connectivity index (χ1v) is 5.85. The minimum atomic E-state index is -0.521. The van der Waals surface area contributed by atoms with Gasteiger partial charge in [-0.05, 0) is 19.3 Å². The number of anilines is 2. The van der Waals surface area contributed by atoms with E-state index in [1.165, 1.54) is 0 Å². The molecule has 0 aliphatic heterocycles. The number of aromatic nitrogens is 2. The van der Waals surface area contributed by atoms with Crippen LogP contribution in [0.4, 0.5) is 11.6 Å². The van der Waals surface area contributed by atoms with Crippen molar-refractivity contribution in [2.24, 2.45) is 0 Å². The standard InChI is InChI=1S/C10H15ClN4O/c1-2-7(11)10(16)13-9-5-8(12)15(14-9)6-3-4-6/h5-7H,2-4,12H2,1H3,(H,13,14,16). The molecule has 1 amide bonds. The van der Waals surface area contributed by atoms with Gasteiger partial charge in [0.2, 0.25) is 5.91 Å². The van der Waals surface area contributed by atoms with Crippen LogP contribution in [0.5, 0.6) is 0 Å². The molecule has 1 aromatic rings. The molecule has 2 rings (SSSR count). The lowest BCUT2D eigenvalue weighted by molar-refractivity contribution is -0.115. The highest BCUT2D eigenvalue weighted by Crippen LogP contribution is 2.36. The van der Waals surface area contributed by atoms with E-state index in [4.69, 9.17) is 17.3 Å². The molecule has 1 fully saturated rings. The number of nitrogen functional groups attached to an aromatic ring is 1. The summed E-state index contributed by atoms with van der Waals surface area (Å²) in [6.45, 7) is 1.86. The summed E-state index contributed by atoms with van der Waals surface area (Å²) in [5.41, 5.74) is 5.78. The topological polar surface area (TPSA) is 72.9 Å². The van der Waals surface area contributed by atoms with Crippen molar-refractivity contribution < 1.29 is 4.79 Å². The van der Waals surface area contributed by atoms with E-state index in [1.807, 2.05) is 6.92 Å². The zero-order valence-electron chi connectivity index (χ0n) is 9.11. The Labute approximate surface area is 98.9 Å². The molecular formula is C10H15ClN4O. The number of alkyl halides is 1. The molecule has 0 spiro atoms. The number of hydrogen-bond acceptors (Lipinski definition) is 3. The molecule has 0 saturated heterocycles. The van der Waals surface area contributed by atoms with Crippen LogP contribution in [0, 0.1) is 0 Å². The number of halogens is 1. The zero-order valence-corrected chi connectivity index (χ0v) is 9.87. The van der Waals surface area contributed by atoms with Crippen molar-refractivity contribution in [3.05, 3.63) is 6.07 Å². The number of amides is 1. The molecule has 16 heavy (non-hydrogen) atoms. The highest BCUT2D eigenvalue weighted by molar-refractivity contribution is 6.32. The molecular weight excluding hydrogens is 228 g/mol. The Morgan fingerprint density at radius 1 is 1.81 bits per heavy atom. The Kier molecular flexibility index (Phi) is 3.05. The maximum atomic E-state index is 11.5. The molecule has 1 saturated carbocycles. The third kappa shape index (κ3) is 2.29. The van der Waals surface area contributed by atoms with E-state index in [1.54, 1.807) is 10.7 Å². The van der Waals surface area contributed by atoms with Gasteiger partial charge in [-0.1, -0.05) is 6.92 Å². The minimum absolute atomic E-state index is 0.232. The average molecular weight is 243 g/mol. The summed E-state index contributed by atoms with van der Waals surface area (Å²) in [5.74, 6) is 0.832. The molecule has 88 valence electrons. The largest absolute Gasteiger partial charge is 0.384 e. The Balaban J connectivity index is 2.04. The number of carbonyl (C=O) groups excluding carboxylic acids is 1. The monoisotopic (exact) mass is 242 g/mol. The van der Waals surface area contributed by atoms with Gasteiger partial charge in [-0.25, -0.2) is 4.68 Å². The lowest BCUT2D eigenvalue weighted by atomic mass is 10.3. The molecule has 5 nitrogen and oxygen atoms in total. The van der Waals surface area contributed by atoms with E-state index in [-0.39, 0.29) is 5.91 Å². The number of nitrogens with two attached hydrogens (primary N) is 1. The third-order valence-electron chi connectivity index (χ3n) is 2.55. The van der Waals surface area contributed by atoms with Crippen molar-refractivity contribution >= 4 is 29.1 Å². The summed E-state index contributed by atoms with van der Waals surface area (Å²) in [6, 6.07) is 2.07. The minimum Gasteiger partial charge on any atom is -0.384 e. The third-order valence-corrected chi connectivity index (χ3v) is 3.06. The molecule has 0 bridgehead atoms. The van der Waals surface area contributed by atoms with Gasteiger partial charge in [0, 0.05) is 6.07 Å². The predicted molar refractivity (Wildman–Crippen MR) is 63.5 cm³/mol. The van der Waals surface area contributed by atoms with Crippen LogP contribution in [0.3, 0.4) is 0 Å². The van der Waals surface area contributed by atoms with Gasteiger partial charge in [-0.15, -0.1) is 11.6 Å². The van der Waals surface area contributed by atoms with Gasteiger partial charge in [0.1, 0.15) is 11.2 Å². The molecule has 1 unspecified atom stereocenters. The molecule has 0 aromatic carbocycles. The van der Waals surface area contributed by atoms with Crippen molar-refractivity contribution in [2.75, 3.05) is 11.1 Å². The second-order valence-electron chi connectivity index (χ2n) is 4.00. The fourth-order valence-corrected chi connectivity index (χ4v) is 1.53. The van der Waals surface area contributed by atoms with Gasteiger partial charge in [0.15, 0.2) is 5.82 Å². The predicted octanol–water partition coefficient (Wildman–Crippen LogP) is 1.76. The van der Waals surface area contributed by atoms with Crippen LogP contribution in [0.25, 0.3) is 0 Å². The van der Waals surface area contributed by atoms with Gasteiger partial charge < -0.3 is 11.1 Å². The van der Waals surface area contributed by atoms with E-state index in [9.17, 15) is 4.79 Å². The maximum absolute atomic E-state index is 11.5. The Morgan fingerprint density at radius 2 is 2.50 bits per heavy atom. The van der Waals surface area contributed by atoms with E-state index >= 15 is 0 Å². The van der Waals surface area contributed by atoms with Gasteiger partial charge in [0.25, 0.3) is 0 Å². The first-order chi connectivity index (χ1) is 7.61. The van der Waals surface area contributed by atoms with Crippen molar-refractivity contribution in [1.82, 2.24) is 9.78 Å². The average Bonchev–Trinajstić information content (AvgIpc) is 3.03. The van der Waals surface area contributed by atoms with E-state index in [0.717, 1.165) is 12.8 Å². The fraction of sp³-hybridized carbons (Fsp3) is 0.600. The second-order valence-corrected chi connectivity index (χ2v) is 4.52. The molecule has 1 aliphatic rings. The summed E-state index contributed by atoms with van der Waals surface area (Å²) in [4.78, 5) is 11.5. The van der Waals surface area contributed by atoms with Crippen LogP contribution in [-0.2, 0) is 4.79 Å². The van der Waals surface area contributed by atoms with Gasteiger partial charge in [0.05, 0.1) is 6.04 Å². The van der Waals surface area contributed by atoms with Crippen LogP contribution in [0.1, 0.15) is 32.2 Å². The molecule has 1 heterocycles. The lowest BCUT2D eigenvalue weighted by Gasteiger charge is -2.05. The van der Waals surface area contributed by atoms with E-state index < -0.39 is 5.38 Å². The normalized spacial score (nSPS) is 17.1. The van der Waals surface area contributed by atoms with Crippen LogP contribution in [0.15, 0.2) is 6.07 Å². The molecule has 6 heteroatoms. The number of carbonyl (C=O) groups is 1. The number of nitrogens with zero attached hydrogens (tertiary/aromatic N) is 2. The van der Waals surface area contributed by atoms with Crippen LogP contribution in [0.2, 0.25) is 0 Å². The summed E-state index contributed by atoms with van der Waals surface area (Å²) >= 11 is 5.81. The molecule has 0 radical (unpaired) electrons. The van der Waals surface area contributed by atoms with Gasteiger partial charge in [-0.3, -0.25) is 4.79 Å². The summed E-state index contributed by atoms with van der Waals surface area (Å²) < 4.78 is 1.75. The smallest absolute Gasteiger partial charge is 0.243 e. The summed E-state index contributed by atoms with van der Waals surface area (Å²) in [5, 5.41) is 6.36. The summed E-state index contributed by atoms with van der Waals surface area (Å²) in [7, 11) is 0. The first kappa shape index (κ1) is 11.3. The SMILES string of the molecule is CCC(Cl)C(=O)Nc1cc(N)n(C2CC2)n1. The molecule has 1 atom stereocenters. The maximum Gasteiger partial charge on any atom is 0.243 e. The molecule has 1 aromatic heterocycles. The second kappa shape index (κ2) is 4.33. The van der Waals surface area contributed by atoms with Crippen molar-refractivity contribution in [2.45, 2.75) is 37.6 Å². The van der Waals surface area contributed by atoms with Crippen LogP contribution < -0.4 is 11.1 Å².